The van der Waals surface area contributed by atoms with Crippen LogP contribution in [0.2, 0.25) is 0 Å². The van der Waals surface area contributed by atoms with E-state index in [1.54, 1.807) is 0 Å². The van der Waals surface area contributed by atoms with Gasteiger partial charge in [-0.05, 0) is 30.5 Å². The Hall–Kier alpha value is -1.42. The molecule has 1 aliphatic heterocycles. The normalized spacial score (nSPS) is 20.5. The van der Waals surface area contributed by atoms with Crippen molar-refractivity contribution in [2.24, 2.45) is 5.41 Å². The zero-order chi connectivity index (χ0) is 15.0. The fourth-order valence-corrected chi connectivity index (χ4v) is 3.27. The largest absolute Gasteiger partial charge is 0.308 e. The van der Waals surface area contributed by atoms with Gasteiger partial charge < -0.3 is 9.47 Å². The molecule has 1 saturated heterocycles. The molecule has 3 heterocycles. The second kappa shape index (κ2) is 5.41. The molecule has 0 saturated carbocycles. The average molecular weight is 286 g/mol. The minimum absolute atomic E-state index is 0.238. The van der Waals surface area contributed by atoms with Gasteiger partial charge in [-0.25, -0.2) is 9.97 Å². The van der Waals surface area contributed by atoms with E-state index in [1.807, 2.05) is 12.3 Å². The van der Waals surface area contributed by atoms with Gasteiger partial charge in [-0.15, -0.1) is 0 Å². The van der Waals surface area contributed by atoms with Gasteiger partial charge in [0.1, 0.15) is 11.3 Å². The van der Waals surface area contributed by atoms with E-state index in [0.717, 1.165) is 30.7 Å². The van der Waals surface area contributed by atoms with E-state index in [0.29, 0.717) is 6.04 Å². The number of imidazole rings is 1. The summed E-state index contributed by atoms with van der Waals surface area (Å²) in [5.41, 5.74) is 2.33. The average Bonchev–Trinajstić information content (AvgIpc) is 2.99. The lowest BCUT2D eigenvalue weighted by Crippen LogP contribution is -2.23. The first-order valence-corrected chi connectivity index (χ1v) is 8.02. The molecule has 0 aliphatic carbocycles. The van der Waals surface area contributed by atoms with Gasteiger partial charge in [0.05, 0.1) is 6.04 Å². The van der Waals surface area contributed by atoms with Crippen molar-refractivity contribution in [2.45, 2.75) is 46.6 Å². The van der Waals surface area contributed by atoms with Gasteiger partial charge in [0.15, 0.2) is 5.65 Å². The van der Waals surface area contributed by atoms with Crippen LogP contribution in [-0.2, 0) is 6.42 Å². The molecule has 0 N–H and O–H groups in total. The lowest BCUT2D eigenvalue weighted by atomic mass is 9.92. The van der Waals surface area contributed by atoms with Crippen LogP contribution in [0.15, 0.2) is 18.3 Å². The van der Waals surface area contributed by atoms with Crippen LogP contribution >= 0.6 is 0 Å². The van der Waals surface area contributed by atoms with E-state index in [2.05, 4.69) is 48.2 Å². The number of rotatable bonds is 3. The Morgan fingerprint density at radius 2 is 2.14 bits per heavy atom. The lowest BCUT2D eigenvalue weighted by molar-refractivity contribution is 0.335. The smallest absolute Gasteiger partial charge is 0.160 e. The van der Waals surface area contributed by atoms with E-state index in [1.165, 1.54) is 18.8 Å². The molecule has 0 radical (unpaired) electrons. The Kier molecular flexibility index (Phi) is 3.74. The van der Waals surface area contributed by atoms with Gasteiger partial charge in [0.25, 0.3) is 0 Å². The van der Waals surface area contributed by atoms with Crippen LogP contribution in [0.25, 0.3) is 11.2 Å². The number of pyridine rings is 1. The third kappa shape index (κ3) is 2.95. The molecule has 2 aromatic rings. The Bertz CT molecular complexity index is 623. The minimum Gasteiger partial charge on any atom is -0.308 e. The number of nitrogens with zero attached hydrogens (tertiary/aromatic N) is 4. The van der Waals surface area contributed by atoms with Gasteiger partial charge in [-0.1, -0.05) is 27.7 Å². The highest BCUT2D eigenvalue weighted by molar-refractivity contribution is 5.71. The molecule has 2 aromatic heterocycles. The van der Waals surface area contributed by atoms with E-state index in [4.69, 9.17) is 4.98 Å². The van der Waals surface area contributed by atoms with Crippen molar-refractivity contribution < 1.29 is 0 Å². The predicted octanol–water partition coefficient (Wildman–Crippen LogP) is 3.29. The standard InChI is InChI=1S/C17H26N4/c1-5-20-10-8-13(12-20)21-15(11-17(2,3)4)19-14-7-6-9-18-16(14)21/h6-7,9,13H,5,8,10-12H2,1-4H3. The van der Waals surface area contributed by atoms with Gasteiger partial charge in [0.2, 0.25) is 0 Å². The summed E-state index contributed by atoms with van der Waals surface area (Å²) in [6.07, 6.45) is 4.08. The summed E-state index contributed by atoms with van der Waals surface area (Å²) in [4.78, 5) is 12.0. The summed E-state index contributed by atoms with van der Waals surface area (Å²) in [5.74, 6) is 1.19. The molecule has 114 valence electrons. The zero-order valence-electron chi connectivity index (χ0n) is 13.6. The topological polar surface area (TPSA) is 34.0 Å². The molecule has 21 heavy (non-hydrogen) atoms. The summed E-state index contributed by atoms with van der Waals surface area (Å²) < 4.78 is 2.41. The molecular weight excluding hydrogens is 260 g/mol. The fourth-order valence-electron chi connectivity index (χ4n) is 3.27. The summed E-state index contributed by atoms with van der Waals surface area (Å²) in [7, 11) is 0. The number of hydrogen-bond acceptors (Lipinski definition) is 3. The van der Waals surface area contributed by atoms with Crippen molar-refractivity contribution in [3.8, 4) is 0 Å². The van der Waals surface area contributed by atoms with Crippen molar-refractivity contribution in [3.63, 3.8) is 0 Å². The van der Waals surface area contributed by atoms with Gasteiger partial charge in [-0.3, -0.25) is 0 Å². The summed E-state index contributed by atoms with van der Waals surface area (Å²) >= 11 is 0. The van der Waals surface area contributed by atoms with Crippen LogP contribution in [0.4, 0.5) is 0 Å². The van der Waals surface area contributed by atoms with Crippen LogP contribution in [0.1, 0.15) is 46.0 Å². The molecule has 0 spiro atoms. The minimum atomic E-state index is 0.238. The number of likely N-dealkylation sites (N-methyl/N-ethyl adjacent to an activating group) is 1. The number of aromatic nitrogens is 3. The molecular formula is C17H26N4. The van der Waals surface area contributed by atoms with Crippen molar-refractivity contribution in [2.75, 3.05) is 19.6 Å². The number of likely N-dealkylation sites (tertiary alicyclic amines) is 1. The van der Waals surface area contributed by atoms with Crippen LogP contribution in [0.3, 0.4) is 0 Å². The molecule has 0 amide bonds. The second-order valence-electron chi connectivity index (χ2n) is 7.32. The maximum atomic E-state index is 4.88. The molecule has 3 rings (SSSR count). The van der Waals surface area contributed by atoms with Crippen molar-refractivity contribution >= 4 is 11.2 Å². The first kappa shape index (κ1) is 14.5. The van der Waals surface area contributed by atoms with Crippen LogP contribution in [0.5, 0.6) is 0 Å². The van der Waals surface area contributed by atoms with Gasteiger partial charge in [0, 0.05) is 25.7 Å². The van der Waals surface area contributed by atoms with Crippen molar-refractivity contribution in [1.29, 1.82) is 0 Å². The van der Waals surface area contributed by atoms with E-state index in [9.17, 15) is 0 Å². The second-order valence-corrected chi connectivity index (χ2v) is 7.32. The number of fused-ring (bicyclic) bond motifs is 1. The predicted molar refractivity (Wildman–Crippen MR) is 86.5 cm³/mol. The van der Waals surface area contributed by atoms with Gasteiger partial charge in [-0.2, -0.15) is 0 Å². The van der Waals surface area contributed by atoms with Crippen LogP contribution in [0, 0.1) is 5.41 Å². The molecule has 0 aromatic carbocycles. The van der Waals surface area contributed by atoms with Crippen LogP contribution in [-0.4, -0.2) is 39.1 Å². The molecule has 1 unspecified atom stereocenters. The van der Waals surface area contributed by atoms with Crippen molar-refractivity contribution in [3.05, 3.63) is 24.2 Å². The maximum Gasteiger partial charge on any atom is 0.160 e. The van der Waals surface area contributed by atoms with Crippen molar-refractivity contribution in [1.82, 2.24) is 19.4 Å². The number of hydrogen-bond donors (Lipinski definition) is 0. The molecule has 1 fully saturated rings. The fraction of sp³-hybridized carbons (Fsp3) is 0.647. The Balaban J connectivity index is 2.03. The highest BCUT2D eigenvalue weighted by atomic mass is 15.2. The third-order valence-corrected chi connectivity index (χ3v) is 4.27. The Morgan fingerprint density at radius 3 is 2.81 bits per heavy atom. The maximum absolute atomic E-state index is 4.88. The summed E-state index contributed by atoms with van der Waals surface area (Å²) in [6.45, 7) is 12.5. The molecule has 4 heteroatoms. The van der Waals surface area contributed by atoms with E-state index in [-0.39, 0.29) is 5.41 Å². The monoisotopic (exact) mass is 286 g/mol. The first-order chi connectivity index (χ1) is 9.98. The molecule has 1 atom stereocenters. The quantitative estimate of drug-likeness (QED) is 0.868. The zero-order valence-corrected chi connectivity index (χ0v) is 13.6. The molecule has 4 nitrogen and oxygen atoms in total. The van der Waals surface area contributed by atoms with E-state index >= 15 is 0 Å². The van der Waals surface area contributed by atoms with Gasteiger partial charge >= 0.3 is 0 Å². The molecule has 0 bridgehead atoms. The highest BCUT2D eigenvalue weighted by Gasteiger charge is 2.28. The molecule has 1 aliphatic rings. The van der Waals surface area contributed by atoms with E-state index < -0.39 is 0 Å². The van der Waals surface area contributed by atoms with Crippen LogP contribution < -0.4 is 0 Å². The highest BCUT2D eigenvalue weighted by Crippen LogP contribution is 2.30. The lowest BCUT2D eigenvalue weighted by Gasteiger charge is -2.22. The Labute approximate surface area is 127 Å². The first-order valence-electron chi connectivity index (χ1n) is 8.02. The summed E-state index contributed by atoms with van der Waals surface area (Å²) in [6, 6.07) is 4.58. The SMILES string of the molecule is CCN1CCC(n2c(CC(C)(C)C)nc3cccnc32)C1. The third-order valence-electron chi connectivity index (χ3n) is 4.27. The Morgan fingerprint density at radius 1 is 1.33 bits per heavy atom. The summed E-state index contributed by atoms with van der Waals surface area (Å²) in [5, 5.41) is 0.